The van der Waals surface area contributed by atoms with Crippen LogP contribution in [0.15, 0.2) is 97.1 Å². The number of aromatic nitrogens is 2. The summed E-state index contributed by atoms with van der Waals surface area (Å²) < 4.78 is 0. The maximum absolute atomic E-state index is 5.13. The SMILES string of the molecule is c1ccc(CC2CCN(c3nc(-c4ccccc4)nc4sc(-c5ccccc5)cc34)CC2)cc1. The fraction of sp³-hybridized carbons (Fsp3) is 0.200. The van der Waals surface area contributed by atoms with Crippen LogP contribution in [0.25, 0.3) is 32.0 Å². The van der Waals surface area contributed by atoms with E-state index in [1.54, 1.807) is 11.3 Å². The highest BCUT2D eigenvalue weighted by molar-refractivity contribution is 7.22. The Bertz CT molecular complexity index is 1370. The van der Waals surface area contributed by atoms with Crippen LogP contribution < -0.4 is 4.90 Å². The predicted octanol–water partition coefficient (Wildman–Crippen LogP) is 7.48. The van der Waals surface area contributed by atoms with Gasteiger partial charge in [0.05, 0.1) is 5.39 Å². The second-order valence-corrected chi connectivity index (χ2v) is 10.1. The molecule has 0 amide bonds. The molecule has 0 radical (unpaired) electrons. The Morgan fingerprint density at radius 2 is 1.35 bits per heavy atom. The van der Waals surface area contributed by atoms with E-state index in [2.05, 4.69) is 95.9 Å². The van der Waals surface area contributed by atoms with Gasteiger partial charge in [-0.2, -0.15) is 0 Å². The third kappa shape index (κ3) is 4.34. The second kappa shape index (κ2) is 9.40. The largest absolute Gasteiger partial charge is 0.356 e. The van der Waals surface area contributed by atoms with Crippen LogP contribution in [0.3, 0.4) is 0 Å². The Balaban J connectivity index is 1.34. The summed E-state index contributed by atoms with van der Waals surface area (Å²) in [7, 11) is 0. The summed E-state index contributed by atoms with van der Waals surface area (Å²) in [4.78, 5) is 14.9. The Hall–Kier alpha value is -3.50. The zero-order valence-electron chi connectivity index (χ0n) is 19.1. The number of thiophene rings is 1. The Morgan fingerprint density at radius 1 is 0.735 bits per heavy atom. The van der Waals surface area contributed by atoms with Crippen LogP contribution in [-0.2, 0) is 6.42 Å². The van der Waals surface area contributed by atoms with Crippen molar-refractivity contribution in [3.8, 4) is 21.8 Å². The molecule has 3 heterocycles. The molecule has 0 saturated carbocycles. The molecule has 0 aliphatic carbocycles. The van der Waals surface area contributed by atoms with Crippen molar-refractivity contribution < 1.29 is 0 Å². The molecule has 5 aromatic rings. The highest BCUT2D eigenvalue weighted by atomic mass is 32.1. The summed E-state index contributed by atoms with van der Waals surface area (Å²) in [6.07, 6.45) is 3.55. The minimum atomic E-state index is 0.729. The molecule has 6 rings (SSSR count). The van der Waals surface area contributed by atoms with Crippen LogP contribution in [0, 0.1) is 5.92 Å². The Morgan fingerprint density at radius 3 is 2.03 bits per heavy atom. The van der Waals surface area contributed by atoms with Crippen molar-refractivity contribution in [2.45, 2.75) is 19.3 Å². The first kappa shape index (κ1) is 21.1. The van der Waals surface area contributed by atoms with E-state index in [0.29, 0.717) is 0 Å². The lowest BCUT2D eigenvalue weighted by Crippen LogP contribution is -2.35. The fourth-order valence-corrected chi connectivity index (χ4v) is 5.94. The summed E-state index contributed by atoms with van der Waals surface area (Å²) in [5.74, 6) is 2.63. The summed E-state index contributed by atoms with van der Waals surface area (Å²) in [5.41, 5.74) is 3.75. The lowest BCUT2D eigenvalue weighted by atomic mass is 9.90. The molecular formula is C30H27N3S. The van der Waals surface area contributed by atoms with E-state index < -0.39 is 0 Å². The molecule has 2 aromatic heterocycles. The Kier molecular flexibility index (Phi) is 5.82. The molecular weight excluding hydrogens is 434 g/mol. The molecule has 1 aliphatic rings. The summed E-state index contributed by atoms with van der Waals surface area (Å²) in [6, 6.07) is 34.1. The van der Waals surface area contributed by atoms with Crippen LogP contribution in [0.2, 0.25) is 0 Å². The molecule has 34 heavy (non-hydrogen) atoms. The smallest absolute Gasteiger partial charge is 0.163 e. The minimum Gasteiger partial charge on any atom is -0.356 e. The molecule has 3 aromatic carbocycles. The fourth-order valence-electron chi connectivity index (χ4n) is 4.90. The maximum Gasteiger partial charge on any atom is 0.163 e. The third-order valence-electron chi connectivity index (χ3n) is 6.74. The second-order valence-electron chi connectivity index (χ2n) is 9.05. The van der Waals surface area contributed by atoms with Gasteiger partial charge >= 0.3 is 0 Å². The van der Waals surface area contributed by atoms with E-state index in [1.165, 1.54) is 40.7 Å². The minimum absolute atomic E-state index is 0.729. The van der Waals surface area contributed by atoms with Gasteiger partial charge in [-0.05, 0) is 42.4 Å². The van der Waals surface area contributed by atoms with Gasteiger partial charge in [-0.3, -0.25) is 0 Å². The van der Waals surface area contributed by atoms with Crippen LogP contribution in [0.5, 0.6) is 0 Å². The lowest BCUT2D eigenvalue weighted by molar-refractivity contribution is 0.403. The van der Waals surface area contributed by atoms with Gasteiger partial charge in [0.15, 0.2) is 5.82 Å². The van der Waals surface area contributed by atoms with Gasteiger partial charge in [0, 0.05) is 23.5 Å². The van der Waals surface area contributed by atoms with Crippen molar-refractivity contribution >= 4 is 27.4 Å². The molecule has 3 nitrogen and oxygen atoms in total. The lowest BCUT2D eigenvalue weighted by Gasteiger charge is -2.33. The molecule has 168 valence electrons. The molecule has 0 bridgehead atoms. The van der Waals surface area contributed by atoms with Crippen LogP contribution in [0.4, 0.5) is 5.82 Å². The van der Waals surface area contributed by atoms with Crippen molar-refractivity contribution in [3.05, 3.63) is 103 Å². The van der Waals surface area contributed by atoms with Gasteiger partial charge in [-0.25, -0.2) is 9.97 Å². The molecule has 0 N–H and O–H groups in total. The number of hydrogen-bond donors (Lipinski definition) is 0. The van der Waals surface area contributed by atoms with Gasteiger partial charge < -0.3 is 4.90 Å². The van der Waals surface area contributed by atoms with Crippen molar-refractivity contribution in [1.82, 2.24) is 9.97 Å². The Labute approximate surface area is 204 Å². The summed E-state index contributed by atoms with van der Waals surface area (Å²) in [6.45, 7) is 2.07. The number of nitrogens with zero attached hydrogens (tertiary/aromatic N) is 3. The third-order valence-corrected chi connectivity index (χ3v) is 7.82. The number of hydrogen-bond acceptors (Lipinski definition) is 4. The number of fused-ring (bicyclic) bond motifs is 1. The average Bonchev–Trinajstić information content (AvgIpc) is 3.35. The molecule has 1 saturated heterocycles. The number of piperidine rings is 1. The van der Waals surface area contributed by atoms with Crippen molar-refractivity contribution in [2.24, 2.45) is 5.92 Å². The van der Waals surface area contributed by atoms with E-state index in [9.17, 15) is 0 Å². The molecule has 4 heteroatoms. The van der Waals surface area contributed by atoms with E-state index >= 15 is 0 Å². The van der Waals surface area contributed by atoms with Crippen LogP contribution in [-0.4, -0.2) is 23.1 Å². The van der Waals surface area contributed by atoms with Gasteiger partial charge in [0.25, 0.3) is 0 Å². The number of rotatable bonds is 5. The molecule has 1 fully saturated rings. The zero-order chi connectivity index (χ0) is 22.7. The van der Waals surface area contributed by atoms with Gasteiger partial charge in [0.1, 0.15) is 10.6 Å². The van der Waals surface area contributed by atoms with Gasteiger partial charge in [-0.15, -0.1) is 11.3 Å². The van der Waals surface area contributed by atoms with E-state index in [4.69, 9.17) is 9.97 Å². The predicted molar refractivity (Wildman–Crippen MR) is 143 cm³/mol. The van der Waals surface area contributed by atoms with E-state index in [-0.39, 0.29) is 0 Å². The summed E-state index contributed by atoms with van der Waals surface area (Å²) >= 11 is 1.76. The first-order valence-electron chi connectivity index (χ1n) is 12.0. The van der Waals surface area contributed by atoms with Crippen molar-refractivity contribution in [2.75, 3.05) is 18.0 Å². The van der Waals surface area contributed by atoms with Gasteiger partial charge in [0.2, 0.25) is 0 Å². The van der Waals surface area contributed by atoms with Crippen LogP contribution >= 0.6 is 11.3 Å². The van der Waals surface area contributed by atoms with Crippen molar-refractivity contribution in [1.29, 1.82) is 0 Å². The van der Waals surface area contributed by atoms with E-state index in [1.807, 2.05) is 6.07 Å². The first-order chi connectivity index (χ1) is 16.8. The normalized spacial score (nSPS) is 14.5. The maximum atomic E-state index is 5.13. The van der Waals surface area contributed by atoms with Crippen LogP contribution in [0.1, 0.15) is 18.4 Å². The molecule has 0 atom stereocenters. The number of anilines is 1. The first-order valence-corrected chi connectivity index (χ1v) is 12.9. The summed E-state index contributed by atoms with van der Waals surface area (Å²) in [5, 5.41) is 1.17. The van der Waals surface area contributed by atoms with Gasteiger partial charge in [-0.1, -0.05) is 91.0 Å². The average molecular weight is 462 g/mol. The van der Waals surface area contributed by atoms with Crippen molar-refractivity contribution in [3.63, 3.8) is 0 Å². The highest BCUT2D eigenvalue weighted by Crippen LogP contribution is 2.39. The highest BCUT2D eigenvalue weighted by Gasteiger charge is 2.24. The quantitative estimate of drug-likeness (QED) is 0.272. The molecule has 0 unspecified atom stereocenters. The molecule has 1 aliphatic heterocycles. The zero-order valence-corrected chi connectivity index (χ0v) is 19.9. The van der Waals surface area contributed by atoms with E-state index in [0.717, 1.165) is 41.0 Å². The molecule has 0 spiro atoms. The topological polar surface area (TPSA) is 29.0 Å². The number of benzene rings is 3. The standard InChI is InChI=1S/C30H27N3S/c1-4-10-22(11-5-1)20-23-16-18-33(19-17-23)29-26-21-27(24-12-6-2-7-13-24)34-30(26)32-28(31-29)25-14-8-3-9-15-25/h1-15,21,23H,16-20H2. The monoisotopic (exact) mass is 461 g/mol.